The van der Waals surface area contributed by atoms with Crippen molar-refractivity contribution in [2.45, 2.75) is 13.3 Å². The van der Waals surface area contributed by atoms with Gasteiger partial charge in [-0.15, -0.1) is 0 Å². The molecule has 0 saturated carbocycles. The first-order chi connectivity index (χ1) is 11.6. The van der Waals surface area contributed by atoms with Gasteiger partial charge in [0, 0.05) is 25.8 Å². The van der Waals surface area contributed by atoms with E-state index < -0.39 is 0 Å². The van der Waals surface area contributed by atoms with Gasteiger partial charge in [-0.05, 0) is 41.8 Å². The van der Waals surface area contributed by atoms with Crippen LogP contribution < -0.4 is 0 Å². The zero-order valence-electron chi connectivity index (χ0n) is 14.0. The maximum atomic E-state index is 12.7. The summed E-state index contributed by atoms with van der Waals surface area (Å²) in [6.07, 6.45) is 0.892. The monoisotopic (exact) mass is 347 g/mol. The van der Waals surface area contributed by atoms with E-state index in [0.29, 0.717) is 25.3 Å². The molecule has 24 heavy (non-hydrogen) atoms. The molecule has 0 aromatic heterocycles. The summed E-state index contributed by atoms with van der Waals surface area (Å²) >= 11 is 5.98. The fourth-order valence-corrected chi connectivity index (χ4v) is 2.67. The van der Waals surface area contributed by atoms with E-state index >= 15 is 0 Å². The zero-order valence-corrected chi connectivity index (χ0v) is 14.7. The van der Waals surface area contributed by atoms with Crippen LogP contribution in [0.25, 0.3) is 11.1 Å². The molecular weight excluding hydrogens is 326 g/mol. The van der Waals surface area contributed by atoms with Crippen molar-refractivity contribution in [3.63, 3.8) is 0 Å². The fourth-order valence-electron chi connectivity index (χ4n) is 2.49. The average molecular weight is 348 g/mol. The van der Waals surface area contributed by atoms with Crippen LogP contribution in [0.3, 0.4) is 0 Å². The van der Waals surface area contributed by atoms with Crippen LogP contribution in [-0.2, 0) is 4.74 Å². The Morgan fingerprint density at radius 2 is 1.92 bits per heavy atom. The number of benzene rings is 2. The number of ether oxygens (including phenoxy) is 1. The fraction of sp³-hybridized carbons (Fsp3) is 0.316. The molecule has 1 N–H and O–H groups in total. The minimum Gasteiger partial charge on any atom is -0.506 e. The predicted octanol–water partition coefficient (Wildman–Crippen LogP) is 4.21. The van der Waals surface area contributed by atoms with E-state index in [4.69, 9.17) is 16.3 Å². The van der Waals surface area contributed by atoms with Crippen molar-refractivity contribution in [2.24, 2.45) is 0 Å². The quantitative estimate of drug-likeness (QED) is 0.816. The molecule has 2 rings (SSSR count). The van der Waals surface area contributed by atoms with Gasteiger partial charge in [0.2, 0.25) is 0 Å². The van der Waals surface area contributed by atoms with Gasteiger partial charge in [0.15, 0.2) is 0 Å². The highest BCUT2D eigenvalue weighted by atomic mass is 35.5. The van der Waals surface area contributed by atoms with Gasteiger partial charge in [-0.1, -0.05) is 36.7 Å². The average Bonchev–Trinajstić information content (AvgIpc) is 2.60. The Bertz CT molecular complexity index is 703. The summed E-state index contributed by atoms with van der Waals surface area (Å²) in [5, 5.41) is 9.83. The standard InChI is InChI=1S/C19H22ClNO3/c1-3-9-21(10-11-24-2)19(23)16-6-4-5-14(12-16)15-7-8-18(22)17(20)13-15/h4-8,12-13,22H,3,9-11H2,1-2H3. The van der Waals surface area contributed by atoms with Crippen molar-refractivity contribution in [1.82, 2.24) is 4.90 Å². The molecule has 0 atom stereocenters. The molecule has 0 spiro atoms. The lowest BCUT2D eigenvalue weighted by Gasteiger charge is -2.22. The van der Waals surface area contributed by atoms with Crippen molar-refractivity contribution >= 4 is 17.5 Å². The predicted molar refractivity (Wildman–Crippen MR) is 96.6 cm³/mol. The van der Waals surface area contributed by atoms with E-state index in [-0.39, 0.29) is 16.7 Å². The number of methoxy groups -OCH3 is 1. The number of phenols is 1. The number of hydrogen-bond acceptors (Lipinski definition) is 3. The third kappa shape index (κ3) is 4.49. The third-order valence-electron chi connectivity index (χ3n) is 3.74. The number of amides is 1. The van der Waals surface area contributed by atoms with Crippen molar-refractivity contribution < 1.29 is 14.6 Å². The molecular formula is C19H22ClNO3. The van der Waals surface area contributed by atoms with Crippen molar-refractivity contribution in [3.05, 3.63) is 53.1 Å². The molecule has 0 fully saturated rings. The lowest BCUT2D eigenvalue weighted by atomic mass is 10.0. The van der Waals surface area contributed by atoms with Crippen molar-refractivity contribution in [3.8, 4) is 16.9 Å². The van der Waals surface area contributed by atoms with E-state index in [0.717, 1.165) is 17.5 Å². The Morgan fingerprint density at radius 1 is 1.17 bits per heavy atom. The summed E-state index contributed by atoms with van der Waals surface area (Å²) in [6.45, 7) is 3.82. The summed E-state index contributed by atoms with van der Waals surface area (Å²) in [6, 6.07) is 12.4. The molecule has 5 heteroatoms. The van der Waals surface area contributed by atoms with Crippen LogP contribution in [0, 0.1) is 0 Å². The Hall–Kier alpha value is -2.04. The Morgan fingerprint density at radius 3 is 2.58 bits per heavy atom. The summed E-state index contributed by atoms with van der Waals surface area (Å²) < 4.78 is 5.09. The van der Waals surface area contributed by atoms with Crippen LogP contribution in [0.2, 0.25) is 5.02 Å². The number of carbonyl (C=O) groups is 1. The first-order valence-electron chi connectivity index (χ1n) is 7.94. The van der Waals surface area contributed by atoms with E-state index in [1.54, 1.807) is 30.2 Å². The molecule has 4 nitrogen and oxygen atoms in total. The Kier molecular flexibility index (Phi) is 6.64. The zero-order chi connectivity index (χ0) is 17.5. The smallest absolute Gasteiger partial charge is 0.253 e. The molecule has 0 saturated heterocycles. The van der Waals surface area contributed by atoms with Crippen LogP contribution in [0.1, 0.15) is 23.7 Å². The molecule has 0 unspecified atom stereocenters. The van der Waals surface area contributed by atoms with Crippen LogP contribution in [0.5, 0.6) is 5.75 Å². The molecule has 0 aliphatic heterocycles. The number of phenolic OH excluding ortho intramolecular Hbond substituents is 1. The van der Waals surface area contributed by atoms with Crippen LogP contribution in [-0.4, -0.2) is 42.7 Å². The molecule has 0 aliphatic rings. The van der Waals surface area contributed by atoms with Crippen LogP contribution in [0.4, 0.5) is 0 Å². The number of hydrogen-bond donors (Lipinski definition) is 1. The van der Waals surface area contributed by atoms with Gasteiger partial charge in [0.1, 0.15) is 5.75 Å². The SMILES string of the molecule is CCCN(CCOC)C(=O)c1cccc(-c2ccc(O)c(Cl)c2)c1. The first-order valence-corrected chi connectivity index (χ1v) is 8.31. The number of carbonyl (C=O) groups excluding carboxylic acids is 1. The van der Waals surface area contributed by atoms with Crippen LogP contribution >= 0.6 is 11.6 Å². The van der Waals surface area contributed by atoms with Gasteiger partial charge in [0.05, 0.1) is 11.6 Å². The van der Waals surface area contributed by atoms with Crippen LogP contribution in [0.15, 0.2) is 42.5 Å². The normalized spacial score (nSPS) is 10.6. The van der Waals surface area contributed by atoms with Gasteiger partial charge < -0.3 is 14.7 Å². The summed E-state index contributed by atoms with van der Waals surface area (Å²) in [7, 11) is 1.63. The molecule has 2 aromatic rings. The first kappa shape index (κ1) is 18.3. The van der Waals surface area contributed by atoms with E-state index in [9.17, 15) is 9.90 Å². The number of rotatable bonds is 7. The lowest BCUT2D eigenvalue weighted by molar-refractivity contribution is 0.0695. The highest BCUT2D eigenvalue weighted by Crippen LogP contribution is 2.29. The maximum Gasteiger partial charge on any atom is 0.253 e. The molecule has 1 amide bonds. The van der Waals surface area contributed by atoms with Gasteiger partial charge in [-0.2, -0.15) is 0 Å². The highest BCUT2D eigenvalue weighted by molar-refractivity contribution is 6.32. The summed E-state index contributed by atoms with van der Waals surface area (Å²) in [5.41, 5.74) is 2.36. The summed E-state index contributed by atoms with van der Waals surface area (Å²) in [4.78, 5) is 14.5. The maximum absolute atomic E-state index is 12.7. The third-order valence-corrected chi connectivity index (χ3v) is 4.04. The second kappa shape index (κ2) is 8.71. The van der Waals surface area contributed by atoms with Crippen molar-refractivity contribution in [1.29, 1.82) is 0 Å². The van der Waals surface area contributed by atoms with Gasteiger partial charge in [0.25, 0.3) is 5.91 Å². The minimum absolute atomic E-state index is 0.0133. The van der Waals surface area contributed by atoms with Gasteiger partial charge in [-0.3, -0.25) is 4.79 Å². The van der Waals surface area contributed by atoms with Crippen molar-refractivity contribution in [2.75, 3.05) is 26.8 Å². The highest BCUT2D eigenvalue weighted by Gasteiger charge is 2.15. The summed E-state index contributed by atoms with van der Waals surface area (Å²) in [5.74, 6) is 0.0296. The molecule has 0 bridgehead atoms. The van der Waals surface area contributed by atoms with E-state index in [1.165, 1.54) is 0 Å². The molecule has 128 valence electrons. The largest absolute Gasteiger partial charge is 0.506 e. The van der Waals surface area contributed by atoms with E-state index in [1.807, 2.05) is 31.2 Å². The van der Waals surface area contributed by atoms with Gasteiger partial charge >= 0.3 is 0 Å². The lowest BCUT2D eigenvalue weighted by Crippen LogP contribution is -2.34. The molecule has 0 aliphatic carbocycles. The Balaban J connectivity index is 2.27. The molecule has 0 radical (unpaired) electrons. The topological polar surface area (TPSA) is 49.8 Å². The minimum atomic E-state index is -0.0133. The number of aromatic hydroxyl groups is 1. The Labute approximate surface area is 147 Å². The number of halogens is 1. The van der Waals surface area contributed by atoms with E-state index in [2.05, 4.69) is 0 Å². The molecule has 2 aromatic carbocycles. The second-order valence-corrected chi connectivity index (χ2v) is 5.94. The van der Waals surface area contributed by atoms with Gasteiger partial charge in [-0.25, -0.2) is 0 Å². The molecule has 0 heterocycles. The second-order valence-electron chi connectivity index (χ2n) is 5.53. The number of nitrogens with zero attached hydrogens (tertiary/aromatic N) is 1.